The van der Waals surface area contributed by atoms with E-state index in [1.807, 2.05) is 0 Å². The van der Waals surface area contributed by atoms with Gasteiger partial charge in [0.25, 0.3) is 5.60 Å². The Kier molecular flexibility index (Phi) is 7.04. The number of hydrogen-bond acceptors (Lipinski definition) is 5. The molecule has 0 amide bonds. The first-order valence-electron chi connectivity index (χ1n) is 7.93. The van der Waals surface area contributed by atoms with Crippen LogP contribution in [0.3, 0.4) is 0 Å². The summed E-state index contributed by atoms with van der Waals surface area (Å²) in [5.74, 6) is -6.04. The molecule has 1 fully saturated rings. The highest BCUT2D eigenvalue weighted by atomic mass is 32.2. The number of hydrogen-bond donors (Lipinski definition) is 2. The first-order valence-corrected chi connectivity index (χ1v) is 9.34. The monoisotopic (exact) mass is 510 g/mol. The predicted molar refractivity (Wildman–Crippen MR) is 74.4 cm³/mol. The van der Waals surface area contributed by atoms with Gasteiger partial charge in [-0.25, -0.2) is 0 Å². The van der Waals surface area contributed by atoms with Gasteiger partial charge >= 0.3 is 34.2 Å². The summed E-state index contributed by atoms with van der Waals surface area (Å²) in [5, 5.41) is 19.1. The molecule has 186 valence electrons. The van der Waals surface area contributed by atoms with Crippen LogP contribution in [0.5, 0.6) is 0 Å². The zero-order chi connectivity index (χ0) is 25.1. The predicted octanol–water partition coefficient (Wildman–Crippen LogP) is 3.81. The average Bonchev–Trinajstić information content (AvgIpc) is 2.48. The Morgan fingerprint density at radius 3 is 1.42 bits per heavy atom. The van der Waals surface area contributed by atoms with Crippen LogP contribution in [0.4, 0.5) is 52.7 Å². The van der Waals surface area contributed by atoms with Crippen LogP contribution in [0.1, 0.15) is 26.2 Å². The molecule has 0 spiro atoms. The smallest absolute Gasteiger partial charge is 0.380 e. The fraction of sp³-hybridized carbons (Fsp3) is 1.00. The van der Waals surface area contributed by atoms with E-state index in [9.17, 15) is 71.3 Å². The Bertz CT molecular complexity index is 735. The zero-order valence-corrected chi connectivity index (χ0v) is 15.7. The molecule has 1 rings (SSSR count). The van der Waals surface area contributed by atoms with Gasteiger partial charge < -0.3 is 10.2 Å². The number of alkyl halides is 12. The van der Waals surface area contributed by atoms with E-state index in [1.165, 1.54) is 0 Å². The largest absolute Gasteiger partial charge is 0.523 e. The highest BCUT2D eigenvalue weighted by molar-refractivity contribution is 7.87. The molecule has 5 nitrogen and oxygen atoms in total. The van der Waals surface area contributed by atoms with E-state index < -0.39 is 82.6 Å². The van der Waals surface area contributed by atoms with Gasteiger partial charge in [0.2, 0.25) is 0 Å². The van der Waals surface area contributed by atoms with Crippen molar-refractivity contribution in [3.8, 4) is 0 Å². The summed E-state index contributed by atoms with van der Waals surface area (Å²) in [7, 11) is -6.65. The summed E-state index contributed by atoms with van der Waals surface area (Å²) >= 11 is 0. The summed E-state index contributed by atoms with van der Waals surface area (Å²) in [6.07, 6.45) is -26.8. The van der Waals surface area contributed by atoms with Crippen LogP contribution in [0.15, 0.2) is 0 Å². The van der Waals surface area contributed by atoms with Gasteiger partial charge in [-0.3, -0.25) is 4.18 Å². The summed E-state index contributed by atoms with van der Waals surface area (Å²) in [6.45, 7) is -0.0738. The number of rotatable bonds is 4. The van der Waals surface area contributed by atoms with E-state index in [4.69, 9.17) is 0 Å². The fourth-order valence-corrected chi connectivity index (χ4v) is 3.86. The highest BCUT2D eigenvalue weighted by Crippen LogP contribution is 2.55. The van der Waals surface area contributed by atoms with Gasteiger partial charge in [0.1, 0.15) is 0 Å². The molecule has 0 aromatic rings. The van der Waals surface area contributed by atoms with Crippen molar-refractivity contribution >= 4 is 10.1 Å². The van der Waals surface area contributed by atoms with Crippen molar-refractivity contribution < 1.29 is 75.5 Å². The molecule has 0 aromatic carbocycles. The molecule has 0 radical (unpaired) electrons. The Hall–Kier alpha value is -1.01. The van der Waals surface area contributed by atoms with E-state index in [2.05, 4.69) is 4.18 Å². The molecule has 31 heavy (non-hydrogen) atoms. The quantitative estimate of drug-likeness (QED) is 0.342. The van der Waals surface area contributed by atoms with E-state index in [0.29, 0.717) is 0 Å². The van der Waals surface area contributed by atoms with Crippen LogP contribution in [0.25, 0.3) is 0 Å². The maximum atomic E-state index is 13.1. The highest BCUT2D eigenvalue weighted by Gasteiger charge is 2.75. The number of aliphatic hydroxyl groups is 2. The van der Waals surface area contributed by atoms with E-state index in [1.54, 1.807) is 0 Å². The van der Waals surface area contributed by atoms with Crippen molar-refractivity contribution in [1.29, 1.82) is 0 Å². The minimum Gasteiger partial charge on any atom is -0.380 e. The van der Waals surface area contributed by atoms with Crippen LogP contribution < -0.4 is 0 Å². The molecule has 4 atom stereocenters. The third kappa shape index (κ3) is 5.16. The van der Waals surface area contributed by atoms with Gasteiger partial charge in [0.15, 0.2) is 5.60 Å². The van der Waals surface area contributed by atoms with Crippen molar-refractivity contribution in [3.63, 3.8) is 0 Å². The molecule has 4 unspecified atom stereocenters. The molecule has 2 N–H and O–H groups in total. The second kappa shape index (κ2) is 7.79. The molecule has 1 saturated carbocycles. The van der Waals surface area contributed by atoms with Crippen molar-refractivity contribution in [1.82, 2.24) is 0 Å². The lowest BCUT2D eigenvalue weighted by molar-refractivity contribution is -0.391. The lowest BCUT2D eigenvalue weighted by Gasteiger charge is -2.47. The lowest BCUT2D eigenvalue weighted by Crippen LogP contribution is -2.64. The molecule has 0 aromatic heterocycles. The summed E-state index contributed by atoms with van der Waals surface area (Å²) < 4.78 is 181. The van der Waals surface area contributed by atoms with Gasteiger partial charge in [0.05, 0.1) is 6.10 Å². The Balaban J connectivity index is 3.56. The molecule has 1 aliphatic carbocycles. The molecule has 0 bridgehead atoms. The summed E-state index contributed by atoms with van der Waals surface area (Å²) in [6, 6.07) is 0. The maximum Gasteiger partial charge on any atom is 0.523 e. The van der Waals surface area contributed by atoms with Crippen LogP contribution in [0, 0.1) is 11.8 Å². The van der Waals surface area contributed by atoms with E-state index >= 15 is 0 Å². The van der Waals surface area contributed by atoms with Gasteiger partial charge in [-0.05, 0) is 32.1 Å². The maximum absolute atomic E-state index is 13.1. The van der Waals surface area contributed by atoms with Crippen molar-refractivity contribution in [2.75, 3.05) is 0 Å². The van der Waals surface area contributed by atoms with Gasteiger partial charge in [-0.15, -0.1) is 0 Å². The standard InChI is InChI=1S/C13H14F12O5S/c1-8(26,10(14,15)16)5-2-6(9(27,11(17,18)19)12(20,21)22)4-7(3-5)30-31(28,29)13(23,24)25/h5-7,26-27H,2-4H2,1H3. The Morgan fingerprint density at radius 2 is 1.10 bits per heavy atom. The Labute approximate surface area is 166 Å². The SMILES string of the molecule is CC(O)(C1CC(OS(=O)(=O)C(F)(F)F)CC(C(O)(C(F)(F)F)C(F)(F)F)C1)C(F)(F)F. The van der Waals surface area contributed by atoms with Crippen LogP contribution >= 0.6 is 0 Å². The van der Waals surface area contributed by atoms with E-state index in [-0.39, 0.29) is 6.92 Å². The minimum absolute atomic E-state index is 0.0738. The van der Waals surface area contributed by atoms with Crippen molar-refractivity contribution in [3.05, 3.63) is 0 Å². The number of halogens is 12. The van der Waals surface area contributed by atoms with Crippen LogP contribution in [0.2, 0.25) is 0 Å². The normalized spacial score (nSPS) is 27.1. The first-order chi connectivity index (χ1) is 13.3. The topological polar surface area (TPSA) is 83.8 Å². The molecular formula is C13H14F12O5S. The minimum atomic E-state index is -6.65. The zero-order valence-electron chi connectivity index (χ0n) is 14.9. The second-order valence-corrected chi connectivity index (χ2v) is 8.69. The third-order valence-electron chi connectivity index (χ3n) is 5.03. The van der Waals surface area contributed by atoms with Gasteiger partial charge in [0, 0.05) is 5.92 Å². The van der Waals surface area contributed by atoms with Crippen LogP contribution in [-0.4, -0.2) is 60.0 Å². The summed E-state index contributed by atoms with van der Waals surface area (Å²) in [4.78, 5) is 0. The van der Waals surface area contributed by atoms with Gasteiger partial charge in [-0.2, -0.15) is 61.1 Å². The van der Waals surface area contributed by atoms with Gasteiger partial charge in [-0.1, -0.05) is 0 Å². The molecular weight excluding hydrogens is 496 g/mol. The van der Waals surface area contributed by atoms with Crippen molar-refractivity contribution in [2.45, 2.75) is 67.5 Å². The molecule has 1 aliphatic rings. The first kappa shape index (κ1) is 28.0. The van der Waals surface area contributed by atoms with E-state index in [0.717, 1.165) is 0 Å². The molecule has 18 heteroatoms. The fourth-order valence-electron chi connectivity index (χ4n) is 3.23. The lowest BCUT2D eigenvalue weighted by atomic mass is 9.66. The second-order valence-electron chi connectivity index (χ2n) is 7.13. The average molecular weight is 510 g/mol. The third-order valence-corrected chi connectivity index (χ3v) is 6.13. The molecule has 0 aliphatic heterocycles. The van der Waals surface area contributed by atoms with Crippen LogP contribution in [-0.2, 0) is 14.3 Å². The summed E-state index contributed by atoms with van der Waals surface area (Å²) in [5.41, 5.74) is -16.0. The Morgan fingerprint density at radius 1 is 0.710 bits per heavy atom. The van der Waals surface area contributed by atoms with Crippen molar-refractivity contribution in [2.24, 2.45) is 11.8 Å². The molecule has 0 saturated heterocycles. The molecule has 0 heterocycles.